The highest BCUT2D eigenvalue weighted by atomic mass is 16.6. The van der Waals surface area contributed by atoms with E-state index in [4.69, 9.17) is 0 Å². The van der Waals surface area contributed by atoms with Crippen LogP contribution in [0.15, 0.2) is 0 Å². The molecule has 7 heteroatoms. The van der Waals surface area contributed by atoms with Crippen LogP contribution in [-0.2, 0) is 0 Å². The summed E-state index contributed by atoms with van der Waals surface area (Å²) in [6.45, 7) is 10.5. The Morgan fingerprint density at radius 2 is 1.90 bits per heavy atom. The van der Waals surface area contributed by atoms with Gasteiger partial charge in [0, 0.05) is 12.1 Å². The van der Waals surface area contributed by atoms with Crippen molar-refractivity contribution < 1.29 is 4.92 Å². The Bertz CT molecular complexity index is 502. The number of nitrogens with zero attached hydrogens (tertiary/aromatic N) is 3. The molecule has 0 spiro atoms. The molecule has 118 valence electrons. The van der Waals surface area contributed by atoms with Crippen molar-refractivity contribution in [3.8, 4) is 0 Å². The number of hydrogen-bond donors (Lipinski definition) is 2. The number of aromatic nitrogens is 2. The van der Waals surface area contributed by atoms with Gasteiger partial charge in [-0.1, -0.05) is 20.3 Å². The summed E-state index contributed by atoms with van der Waals surface area (Å²) in [5.41, 5.74) is 0.0483. The van der Waals surface area contributed by atoms with Crippen LogP contribution in [0.25, 0.3) is 0 Å². The lowest BCUT2D eigenvalue weighted by Crippen LogP contribution is -2.31. The summed E-state index contributed by atoms with van der Waals surface area (Å²) in [6.07, 6.45) is 2.81. The van der Waals surface area contributed by atoms with Crippen LogP contribution < -0.4 is 10.6 Å². The Morgan fingerprint density at radius 1 is 1.24 bits per heavy atom. The maximum atomic E-state index is 11.3. The SMILES string of the molecule is CCCNc1nc(C)c([N+](=O)[O-])c(NC(C)(C)CCC)n1. The second kappa shape index (κ2) is 7.19. The van der Waals surface area contributed by atoms with Crippen molar-refractivity contribution in [1.82, 2.24) is 9.97 Å². The van der Waals surface area contributed by atoms with Gasteiger partial charge in [0.05, 0.1) is 4.92 Å². The molecule has 0 amide bonds. The zero-order chi connectivity index (χ0) is 16.0. The number of nitrogens with one attached hydrogen (secondary N) is 2. The molecule has 0 radical (unpaired) electrons. The molecule has 1 rings (SSSR count). The first-order valence-corrected chi connectivity index (χ1v) is 7.35. The highest BCUT2D eigenvalue weighted by molar-refractivity contribution is 5.61. The number of anilines is 2. The second-order valence-corrected chi connectivity index (χ2v) is 5.77. The Balaban J connectivity index is 3.18. The number of aryl methyl sites for hydroxylation is 1. The summed E-state index contributed by atoms with van der Waals surface area (Å²) in [7, 11) is 0. The van der Waals surface area contributed by atoms with Crippen LogP contribution in [0.5, 0.6) is 0 Å². The summed E-state index contributed by atoms with van der Waals surface area (Å²) in [5, 5.41) is 17.5. The van der Waals surface area contributed by atoms with E-state index >= 15 is 0 Å². The fourth-order valence-corrected chi connectivity index (χ4v) is 2.20. The fraction of sp³-hybridized carbons (Fsp3) is 0.714. The van der Waals surface area contributed by atoms with Crippen LogP contribution in [-0.4, -0.2) is 27.0 Å². The van der Waals surface area contributed by atoms with E-state index < -0.39 is 4.92 Å². The van der Waals surface area contributed by atoms with Crippen LogP contribution in [0.1, 0.15) is 52.7 Å². The molecule has 0 atom stereocenters. The quantitative estimate of drug-likeness (QED) is 0.563. The van der Waals surface area contributed by atoms with Crippen LogP contribution >= 0.6 is 0 Å². The Morgan fingerprint density at radius 3 is 2.43 bits per heavy atom. The van der Waals surface area contributed by atoms with Crippen molar-refractivity contribution in [2.45, 2.75) is 59.4 Å². The van der Waals surface area contributed by atoms with Gasteiger partial charge in [0.15, 0.2) is 0 Å². The number of hydrogen-bond acceptors (Lipinski definition) is 6. The predicted octanol–water partition coefficient (Wildman–Crippen LogP) is 3.51. The zero-order valence-corrected chi connectivity index (χ0v) is 13.5. The molecule has 0 saturated heterocycles. The smallest absolute Gasteiger partial charge is 0.332 e. The van der Waals surface area contributed by atoms with Gasteiger partial charge < -0.3 is 10.6 Å². The fourth-order valence-electron chi connectivity index (χ4n) is 2.20. The van der Waals surface area contributed by atoms with Crippen LogP contribution in [0.4, 0.5) is 17.5 Å². The monoisotopic (exact) mass is 295 g/mol. The maximum absolute atomic E-state index is 11.3. The van der Waals surface area contributed by atoms with Gasteiger partial charge in [0.2, 0.25) is 11.8 Å². The van der Waals surface area contributed by atoms with Crippen LogP contribution in [0.3, 0.4) is 0 Å². The van der Waals surface area contributed by atoms with Gasteiger partial charge in [0.25, 0.3) is 0 Å². The largest absolute Gasteiger partial charge is 0.359 e. The normalized spacial score (nSPS) is 11.3. The van der Waals surface area contributed by atoms with Crippen LogP contribution in [0, 0.1) is 17.0 Å². The van der Waals surface area contributed by atoms with E-state index in [-0.39, 0.29) is 17.0 Å². The van der Waals surface area contributed by atoms with Gasteiger partial charge in [-0.15, -0.1) is 0 Å². The predicted molar refractivity (Wildman–Crippen MR) is 84.8 cm³/mol. The lowest BCUT2D eigenvalue weighted by Gasteiger charge is -2.26. The molecule has 0 saturated carbocycles. The molecule has 1 aromatic rings. The van der Waals surface area contributed by atoms with E-state index in [0.29, 0.717) is 11.6 Å². The summed E-state index contributed by atoms with van der Waals surface area (Å²) < 4.78 is 0. The number of nitro groups is 1. The molecule has 2 N–H and O–H groups in total. The highest BCUT2D eigenvalue weighted by Crippen LogP contribution is 2.30. The minimum absolute atomic E-state index is 0.0544. The van der Waals surface area contributed by atoms with E-state index in [9.17, 15) is 10.1 Å². The van der Waals surface area contributed by atoms with Gasteiger partial charge >= 0.3 is 5.69 Å². The van der Waals surface area contributed by atoms with Crippen molar-refractivity contribution in [2.24, 2.45) is 0 Å². The van der Waals surface area contributed by atoms with Crippen molar-refractivity contribution in [1.29, 1.82) is 0 Å². The zero-order valence-electron chi connectivity index (χ0n) is 13.5. The average molecular weight is 295 g/mol. The van der Waals surface area contributed by atoms with Gasteiger partial charge in [-0.2, -0.15) is 4.98 Å². The molecule has 7 nitrogen and oxygen atoms in total. The molecule has 0 fully saturated rings. The third kappa shape index (κ3) is 4.84. The van der Waals surface area contributed by atoms with Crippen molar-refractivity contribution in [3.05, 3.63) is 15.8 Å². The first-order chi connectivity index (χ1) is 9.80. The Kier molecular flexibility index (Phi) is 5.87. The molecule has 1 aromatic heterocycles. The van der Waals surface area contributed by atoms with Crippen molar-refractivity contribution in [2.75, 3.05) is 17.2 Å². The van der Waals surface area contributed by atoms with Crippen LogP contribution in [0.2, 0.25) is 0 Å². The number of rotatable bonds is 8. The molecule has 0 aliphatic heterocycles. The molecular formula is C14H25N5O2. The topological polar surface area (TPSA) is 93.0 Å². The Labute approximate surface area is 125 Å². The van der Waals surface area contributed by atoms with E-state index in [1.165, 1.54) is 0 Å². The summed E-state index contributed by atoms with van der Waals surface area (Å²) in [4.78, 5) is 19.3. The molecule has 0 aliphatic carbocycles. The van der Waals surface area contributed by atoms with E-state index in [1.807, 2.05) is 20.8 Å². The highest BCUT2D eigenvalue weighted by Gasteiger charge is 2.26. The minimum atomic E-state index is -0.427. The van der Waals surface area contributed by atoms with E-state index in [1.54, 1.807) is 6.92 Å². The Hall–Kier alpha value is -1.92. The molecule has 1 heterocycles. The third-order valence-electron chi connectivity index (χ3n) is 3.11. The van der Waals surface area contributed by atoms with Crippen molar-refractivity contribution in [3.63, 3.8) is 0 Å². The van der Waals surface area contributed by atoms with E-state index in [2.05, 4.69) is 27.5 Å². The maximum Gasteiger partial charge on any atom is 0.332 e. The minimum Gasteiger partial charge on any atom is -0.359 e. The summed E-state index contributed by atoms with van der Waals surface area (Å²) >= 11 is 0. The first-order valence-electron chi connectivity index (χ1n) is 7.35. The van der Waals surface area contributed by atoms with Gasteiger partial charge in [-0.25, -0.2) is 4.98 Å². The average Bonchev–Trinajstić information content (AvgIpc) is 2.34. The molecule has 0 aliphatic rings. The molecule has 0 aromatic carbocycles. The van der Waals surface area contributed by atoms with E-state index in [0.717, 1.165) is 25.8 Å². The molecule has 0 unspecified atom stereocenters. The van der Waals surface area contributed by atoms with Crippen molar-refractivity contribution >= 4 is 17.5 Å². The lowest BCUT2D eigenvalue weighted by molar-refractivity contribution is -0.385. The molecule has 21 heavy (non-hydrogen) atoms. The lowest BCUT2D eigenvalue weighted by atomic mass is 9.99. The van der Waals surface area contributed by atoms with Gasteiger partial charge in [-0.3, -0.25) is 10.1 Å². The molecule has 0 bridgehead atoms. The standard InChI is InChI=1S/C14H25N5O2/c1-6-8-14(4,5)18-12-11(19(20)21)10(3)16-13(17-12)15-9-7-2/h6-9H2,1-5H3,(H2,15,16,17,18). The molecular weight excluding hydrogens is 270 g/mol. The summed E-state index contributed by atoms with van der Waals surface area (Å²) in [5.74, 6) is 0.708. The third-order valence-corrected chi connectivity index (χ3v) is 3.11. The second-order valence-electron chi connectivity index (χ2n) is 5.77. The summed E-state index contributed by atoms with van der Waals surface area (Å²) in [6, 6.07) is 0. The van der Waals surface area contributed by atoms with Gasteiger partial charge in [-0.05, 0) is 33.6 Å². The van der Waals surface area contributed by atoms with Gasteiger partial charge in [0.1, 0.15) is 5.69 Å². The first kappa shape index (κ1) is 17.1.